The fourth-order valence-corrected chi connectivity index (χ4v) is 4.09. The molecule has 0 radical (unpaired) electrons. The molecule has 0 aliphatic carbocycles. The number of hydrogen-bond acceptors (Lipinski definition) is 7. The number of benzene rings is 3. The standard InChI is InChI=1S/C26H21Cl2NO7/c1-32-23-6-14(7-24(33-2)26(23)34-3)22-12-20(30)19-11-18(4-5-21(19)36-22)35-13-25(31)29-17-9-15(27)8-16(28)10-17/h4-12H,13H2,1-3H3,(H,29,31). The SMILES string of the molecule is COc1cc(-c2cc(=O)c3cc(OCC(=O)Nc4cc(Cl)cc(Cl)c4)ccc3o2)cc(OC)c1OC. The van der Waals surface area contributed by atoms with Gasteiger partial charge in [0.2, 0.25) is 5.75 Å². The molecule has 0 unspecified atom stereocenters. The maximum atomic E-state index is 12.9. The number of rotatable bonds is 8. The number of methoxy groups -OCH3 is 3. The zero-order valence-corrected chi connectivity index (χ0v) is 21.0. The van der Waals surface area contributed by atoms with Crippen molar-refractivity contribution in [3.8, 4) is 34.3 Å². The van der Waals surface area contributed by atoms with E-state index in [0.29, 0.717) is 61.0 Å². The zero-order chi connectivity index (χ0) is 25.8. The first-order valence-electron chi connectivity index (χ1n) is 10.6. The van der Waals surface area contributed by atoms with Gasteiger partial charge in [0.1, 0.15) is 17.1 Å². The van der Waals surface area contributed by atoms with Gasteiger partial charge >= 0.3 is 0 Å². The number of carbonyl (C=O) groups excluding carboxylic acids is 1. The summed E-state index contributed by atoms with van der Waals surface area (Å²) in [6.07, 6.45) is 0. The Hall–Kier alpha value is -3.88. The second kappa shape index (κ2) is 10.8. The van der Waals surface area contributed by atoms with E-state index in [-0.39, 0.29) is 12.0 Å². The van der Waals surface area contributed by atoms with Crippen LogP contribution in [0.2, 0.25) is 10.0 Å². The number of carbonyl (C=O) groups is 1. The van der Waals surface area contributed by atoms with Gasteiger partial charge in [-0.1, -0.05) is 23.2 Å². The summed E-state index contributed by atoms with van der Waals surface area (Å²) in [7, 11) is 4.51. The molecule has 186 valence electrons. The fraction of sp³-hybridized carbons (Fsp3) is 0.154. The second-order valence-corrected chi connectivity index (χ2v) is 8.41. The molecule has 0 bridgehead atoms. The predicted octanol–water partition coefficient (Wildman–Crippen LogP) is 5.81. The summed E-state index contributed by atoms with van der Waals surface area (Å²) in [5.74, 6) is 1.51. The Bertz CT molecular complexity index is 1450. The monoisotopic (exact) mass is 529 g/mol. The first-order chi connectivity index (χ1) is 17.3. The van der Waals surface area contributed by atoms with Crippen molar-refractivity contribution in [2.45, 2.75) is 0 Å². The minimum Gasteiger partial charge on any atom is -0.493 e. The summed E-state index contributed by atoms with van der Waals surface area (Å²) >= 11 is 11.9. The smallest absolute Gasteiger partial charge is 0.262 e. The van der Waals surface area contributed by atoms with Gasteiger partial charge in [-0.05, 0) is 48.5 Å². The molecule has 4 aromatic rings. The number of halogens is 2. The third-order valence-corrected chi connectivity index (χ3v) is 5.60. The minimum absolute atomic E-state index is 0.287. The molecule has 1 heterocycles. The average Bonchev–Trinajstić information content (AvgIpc) is 2.85. The lowest BCUT2D eigenvalue weighted by molar-refractivity contribution is -0.118. The van der Waals surface area contributed by atoms with Crippen LogP contribution in [0.3, 0.4) is 0 Å². The molecule has 0 spiro atoms. The highest BCUT2D eigenvalue weighted by Crippen LogP contribution is 2.41. The van der Waals surface area contributed by atoms with Crippen molar-refractivity contribution in [3.63, 3.8) is 0 Å². The average molecular weight is 530 g/mol. The van der Waals surface area contributed by atoms with Crippen LogP contribution >= 0.6 is 23.2 Å². The van der Waals surface area contributed by atoms with Gasteiger partial charge in [-0.15, -0.1) is 0 Å². The molecule has 36 heavy (non-hydrogen) atoms. The summed E-state index contributed by atoms with van der Waals surface area (Å²) in [6, 6.07) is 14.2. The predicted molar refractivity (Wildman–Crippen MR) is 138 cm³/mol. The van der Waals surface area contributed by atoms with E-state index in [9.17, 15) is 9.59 Å². The molecular formula is C26H21Cl2NO7. The molecule has 8 nitrogen and oxygen atoms in total. The molecule has 4 rings (SSSR count). The van der Waals surface area contributed by atoms with Gasteiger partial charge in [0.15, 0.2) is 23.5 Å². The van der Waals surface area contributed by atoms with Gasteiger partial charge in [-0.2, -0.15) is 0 Å². The molecule has 1 amide bonds. The van der Waals surface area contributed by atoms with Crippen LogP contribution in [0.1, 0.15) is 0 Å². The van der Waals surface area contributed by atoms with Gasteiger partial charge < -0.3 is 28.7 Å². The van der Waals surface area contributed by atoms with Crippen LogP contribution in [0.25, 0.3) is 22.3 Å². The molecule has 1 aromatic heterocycles. The van der Waals surface area contributed by atoms with Crippen molar-refractivity contribution >= 4 is 45.8 Å². The zero-order valence-electron chi connectivity index (χ0n) is 19.5. The Morgan fingerprint density at radius 1 is 0.889 bits per heavy atom. The molecule has 0 aliphatic rings. The molecule has 0 fully saturated rings. The number of ether oxygens (including phenoxy) is 4. The topological polar surface area (TPSA) is 96.2 Å². The van der Waals surface area contributed by atoms with E-state index in [1.807, 2.05) is 0 Å². The maximum Gasteiger partial charge on any atom is 0.262 e. The van der Waals surface area contributed by atoms with Crippen molar-refractivity contribution in [2.24, 2.45) is 0 Å². The van der Waals surface area contributed by atoms with E-state index >= 15 is 0 Å². The third kappa shape index (κ3) is 5.50. The van der Waals surface area contributed by atoms with E-state index in [2.05, 4.69) is 5.32 Å². The van der Waals surface area contributed by atoms with Gasteiger partial charge in [0.05, 0.1) is 26.7 Å². The quantitative estimate of drug-likeness (QED) is 0.307. The molecule has 1 N–H and O–H groups in total. The van der Waals surface area contributed by atoms with E-state index in [1.54, 1.807) is 42.5 Å². The lowest BCUT2D eigenvalue weighted by Crippen LogP contribution is -2.20. The summed E-state index contributed by atoms with van der Waals surface area (Å²) in [6.45, 7) is -0.287. The van der Waals surface area contributed by atoms with Crippen LogP contribution in [0.4, 0.5) is 5.69 Å². The summed E-state index contributed by atoms with van der Waals surface area (Å²) < 4.78 is 27.6. The number of anilines is 1. The lowest BCUT2D eigenvalue weighted by atomic mass is 10.1. The lowest BCUT2D eigenvalue weighted by Gasteiger charge is -2.14. The highest BCUT2D eigenvalue weighted by Gasteiger charge is 2.17. The van der Waals surface area contributed by atoms with Crippen LogP contribution in [0.5, 0.6) is 23.0 Å². The van der Waals surface area contributed by atoms with E-state index in [0.717, 1.165) is 0 Å². The number of amides is 1. The molecule has 10 heteroatoms. The van der Waals surface area contributed by atoms with Crippen molar-refractivity contribution in [1.82, 2.24) is 0 Å². The van der Waals surface area contributed by atoms with Crippen LogP contribution in [0.15, 0.2) is 63.8 Å². The molecule has 0 atom stereocenters. The van der Waals surface area contributed by atoms with Crippen LogP contribution in [0, 0.1) is 0 Å². The van der Waals surface area contributed by atoms with Gasteiger partial charge in [-0.3, -0.25) is 9.59 Å². The first kappa shape index (κ1) is 25.2. The van der Waals surface area contributed by atoms with Gasteiger partial charge in [0.25, 0.3) is 5.91 Å². The van der Waals surface area contributed by atoms with E-state index < -0.39 is 5.91 Å². The molecule has 3 aromatic carbocycles. The third-order valence-electron chi connectivity index (χ3n) is 5.16. The maximum absolute atomic E-state index is 12.9. The summed E-state index contributed by atoms with van der Waals surface area (Å²) in [5.41, 5.74) is 1.07. The summed E-state index contributed by atoms with van der Waals surface area (Å²) in [4.78, 5) is 25.2. The Labute approximate surface area is 216 Å². The van der Waals surface area contributed by atoms with Crippen LogP contribution < -0.4 is 29.7 Å². The van der Waals surface area contributed by atoms with Crippen LogP contribution in [-0.2, 0) is 4.79 Å². The normalized spacial score (nSPS) is 10.7. The highest BCUT2D eigenvalue weighted by molar-refractivity contribution is 6.35. The Balaban J connectivity index is 1.55. The minimum atomic E-state index is -0.418. The van der Waals surface area contributed by atoms with Crippen molar-refractivity contribution in [3.05, 3.63) is 74.9 Å². The van der Waals surface area contributed by atoms with Crippen molar-refractivity contribution < 1.29 is 28.2 Å². The van der Waals surface area contributed by atoms with E-state index in [4.69, 9.17) is 46.6 Å². The molecule has 0 saturated heterocycles. The van der Waals surface area contributed by atoms with Gasteiger partial charge in [0, 0.05) is 27.4 Å². The largest absolute Gasteiger partial charge is 0.493 e. The first-order valence-corrected chi connectivity index (χ1v) is 11.3. The molecular weight excluding hydrogens is 509 g/mol. The number of hydrogen-bond donors (Lipinski definition) is 1. The fourth-order valence-electron chi connectivity index (χ4n) is 3.56. The Kier molecular flexibility index (Phi) is 7.57. The second-order valence-electron chi connectivity index (χ2n) is 7.54. The number of nitrogens with one attached hydrogen (secondary N) is 1. The van der Waals surface area contributed by atoms with Gasteiger partial charge in [-0.25, -0.2) is 0 Å². The number of fused-ring (bicyclic) bond motifs is 1. The Morgan fingerprint density at radius 3 is 2.17 bits per heavy atom. The Morgan fingerprint density at radius 2 is 1.56 bits per heavy atom. The van der Waals surface area contributed by atoms with Crippen molar-refractivity contribution in [1.29, 1.82) is 0 Å². The highest BCUT2D eigenvalue weighted by atomic mass is 35.5. The molecule has 0 saturated carbocycles. The summed E-state index contributed by atoms with van der Waals surface area (Å²) in [5, 5.41) is 3.74. The van der Waals surface area contributed by atoms with Crippen molar-refractivity contribution in [2.75, 3.05) is 33.3 Å². The van der Waals surface area contributed by atoms with Crippen LogP contribution in [-0.4, -0.2) is 33.8 Å². The van der Waals surface area contributed by atoms with E-state index in [1.165, 1.54) is 33.5 Å². The molecule has 0 aliphatic heterocycles.